The van der Waals surface area contributed by atoms with Gasteiger partial charge in [-0.05, 0) is 43.0 Å². The van der Waals surface area contributed by atoms with Gasteiger partial charge in [-0.15, -0.1) is 0 Å². The Kier molecular flexibility index (Phi) is 7.43. The zero-order valence-electron chi connectivity index (χ0n) is 16.9. The van der Waals surface area contributed by atoms with Crippen molar-refractivity contribution in [1.29, 1.82) is 0 Å². The molecule has 1 fully saturated rings. The summed E-state index contributed by atoms with van der Waals surface area (Å²) in [5.74, 6) is 1.87. The Morgan fingerprint density at radius 3 is 2.48 bits per heavy atom. The van der Waals surface area contributed by atoms with E-state index in [4.69, 9.17) is 14.2 Å². The van der Waals surface area contributed by atoms with Crippen molar-refractivity contribution in [3.63, 3.8) is 0 Å². The molecule has 0 bridgehead atoms. The van der Waals surface area contributed by atoms with Crippen LogP contribution in [0.3, 0.4) is 0 Å². The van der Waals surface area contributed by atoms with Gasteiger partial charge in [0.2, 0.25) is 0 Å². The van der Waals surface area contributed by atoms with E-state index >= 15 is 0 Å². The second kappa shape index (κ2) is 10.2. The minimum absolute atomic E-state index is 0.0750. The number of anilines is 1. The Morgan fingerprint density at radius 2 is 1.79 bits per heavy atom. The smallest absolute Gasteiger partial charge is 0.277 e. The summed E-state index contributed by atoms with van der Waals surface area (Å²) in [6, 6.07) is 12.3. The lowest BCUT2D eigenvalue weighted by molar-refractivity contribution is -0.387. The van der Waals surface area contributed by atoms with Crippen LogP contribution in [0.15, 0.2) is 42.5 Å². The topological polar surface area (TPSA) is 82.9 Å². The van der Waals surface area contributed by atoms with E-state index in [9.17, 15) is 10.1 Å². The monoisotopic (exact) mass is 400 g/mol. The molecule has 1 aliphatic carbocycles. The molecule has 0 aliphatic heterocycles. The van der Waals surface area contributed by atoms with Crippen molar-refractivity contribution in [2.75, 3.05) is 26.1 Å². The van der Waals surface area contributed by atoms with Crippen LogP contribution in [0.25, 0.3) is 0 Å². The maximum Gasteiger partial charge on any atom is 0.277 e. The summed E-state index contributed by atoms with van der Waals surface area (Å²) >= 11 is 0. The average Bonchev–Trinajstić information content (AvgIpc) is 2.74. The number of nitro groups is 1. The van der Waals surface area contributed by atoms with Gasteiger partial charge in [-0.25, -0.2) is 0 Å². The molecule has 2 aromatic carbocycles. The average molecular weight is 400 g/mol. The fourth-order valence-electron chi connectivity index (χ4n) is 3.76. The third kappa shape index (κ3) is 5.68. The number of nitrogens with one attached hydrogen (secondary N) is 1. The number of benzene rings is 2. The zero-order chi connectivity index (χ0) is 20.6. The van der Waals surface area contributed by atoms with Crippen molar-refractivity contribution in [2.24, 2.45) is 5.92 Å². The highest BCUT2D eigenvalue weighted by atomic mass is 16.7. The van der Waals surface area contributed by atoms with E-state index in [1.807, 2.05) is 24.3 Å². The van der Waals surface area contributed by atoms with E-state index in [-0.39, 0.29) is 5.69 Å². The van der Waals surface area contributed by atoms with Crippen molar-refractivity contribution in [3.8, 4) is 11.5 Å². The molecule has 0 heterocycles. The Balaban J connectivity index is 1.72. The van der Waals surface area contributed by atoms with Gasteiger partial charge in [-0.1, -0.05) is 25.3 Å². The molecule has 1 aliphatic rings. The van der Waals surface area contributed by atoms with Crippen LogP contribution in [-0.2, 0) is 9.47 Å². The van der Waals surface area contributed by atoms with Gasteiger partial charge < -0.3 is 19.5 Å². The molecule has 1 N–H and O–H groups in total. The molecular formula is C22H28N2O5. The van der Waals surface area contributed by atoms with E-state index in [1.54, 1.807) is 12.1 Å². The number of nitrogens with zero attached hydrogens (tertiary/aromatic N) is 1. The molecule has 0 saturated heterocycles. The lowest BCUT2D eigenvalue weighted by Gasteiger charge is -2.22. The van der Waals surface area contributed by atoms with Gasteiger partial charge in [0.25, 0.3) is 5.69 Å². The molecule has 3 rings (SSSR count). The van der Waals surface area contributed by atoms with Crippen LogP contribution < -0.4 is 10.1 Å². The molecule has 0 spiro atoms. The zero-order valence-corrected chi connectivity index (χ0v) is 16.9. The Morgan fingerprint density at radius 1 is 1.07 bits per heavy atom. The predicted molar refractivity (Wildman–Crippen MR) is 111 cm³/mol. The van der Waals surface area contributed by atoms with Gasteiger partial charge >= 0.3 is 0 Å². The van der Waals surface area contributed by atoms with Crippen LogP contribution in [0.5, 0.6) is 11.5 Å². The molecule has 0 atom stereocenters. The van der Waals surface area contributed by atoms with Gasteiger partial charge in [0.15, 0.2) is 6.29 Å². The van der Waals surface area contributed by atoms with Gasteiger partial charge in [-0.3, -0.25) is 10.1 Å². The first-order chi connectivity index (χ1) is 14.1. The first-order valence-electron chi connectivity index (χ1n) is 9.96. The van der Waals surface area contributed by atoms with Crippen molar-refractivity contribution in [3.05, 3.63) is 58.1 Å². The van der Waals surface area contributed by atoms with E-state index < -0.39 is 11.2 Å². The van der Waals surface area contributed by atoms with Crippen molar-refractivity contribution >= 4 is 11.4 Å². The molecule has 7 heteroatoms. The Hall–Kier alpha value is -2.64. The van der Waals surface area contributed by atoms with E-state index in [0.29, 0.717) is 17.1 Å². The standard InChI is InChI=1S/C22H28N2O5/c1-27-22(28-2)20-14-19(11-12-21(20)24(25)26)29-18-10-6-9-17(13-18)23-15-16-7-4-3-5-8-16/h6,9-14,16,22-23H,3-5,7-8,15H2,1-2H3. The number of hydrogen-bond donors (Lipinski definition) is 1. The second-order valence-electron chi connectivity index (χ2n) is 7.30. The van der Waals surface area contributed by atoms with Gasteiger partial charge in [0.05, 0.1) is 10.5 Å². The summed E-state index contributed by atoms with van der Waals surface area (Å²) in [5, 5.41) is 14.8. The van der Waals surface area contributed by atoms with Crippen molar-refractivity contribution in [1.82, 2.24) is 0 Å². The van der Waals surface area contributed by atoms with Crippen LogP contribution in [0, 0.1) is 16.0 Å². The quantitative estimate of drug-likeness (QED) is 0.332. The second-order valence-corrected chi connectivity index (χ2v) is 7.30. The van der Waals surface area contributed by atoms with E-state index in [2.05, 4.69) is 5.32 Å². The maximum absolute atomic E-state index is 11.3. The van der Waals surface area contributed by atoms with Gasteiger partial charge in [-0.2, -0.15) is 0 Å². The first-order valence-corrected chi connectivity index (χ1v) is 9.96. The van der Waals surface area contributed by atoms with Gasteiger partial charge in [0.1, 0.15) is 11.5 Å². The lowest BCUT2D eigenvalue weighted by atomic mass is 9.89. The summed E-state index contributed by atoms with van der Waals surface area (Å²) in [6.07, 6.45) is 5.72. The highest BCUT2D eigenvalue weighted by Crippen LogP contribution is 2.34. The maximum atomic E-state index is 11.3. The lowest BCUT2D eigenvalue weighted by Crippen LogP contribution is -2.17. The van der Waals surface area contributed by atoms with Crippen LogP contribution in [0.2, 0.25) is 0 Å². The fourth-order valence-corrected chi connectivity index (χ4v) is 3.76. The minimum Gasteiger partial charge on any atom is -0.457 e. The number of rotatable bonds is 9. The largest absolute Gasteiger partial charge is 0.457 e. The van der Waals surface area contributed by atoms with Crippen LogP contribution in [0.4, 0.5) is 11.4 Å². The van der Waals surface area contributed by atoms with Crippen LogP contribution >= 0.6 is 0 Å². The molecule has 0 amide bonds. The third-order valence-corrected chi connectivity index (χ3v) is 5.27. The molecule has 29 heavy (non-hydrogen) atoms. The fraction of sp³-hybridized carbons (Fsp3) is 0.455. The normalized spacial score (nSPS) is 14.7. The first kappa shape index (κ1) is 21.1. The number of methoxy groups -OCH3 is 2. The Bertz CT molecular complexity index is 817. The minimum atomic E-state index is -0.845. The van der Waals surface area contributed by atoms with Crippen LogP contribution in [-0.4, -0.2) is 25.7 Å². The summed E-state index contributed by atoms with van der Waals surface area (Å²) in [6.45, 7) is 0.967. The van der Waals surface area contributed by atoms with Crippen LogP contribution in [0.1, 0.15) is 44.0 Å². The SMILES string of the molecule is COC(OC)c1cc(Oc2cccc(NCC3CCCCC3)c2)ccc1[N+](=O)[O-]. The molecular weight excluding hydrogens is 372 g/mol. The summed E-state index contributed by atoms with van der Waals surface area (Å²) < 4.78 is 16.3. The predicted octanol–water partition coefficient (Wildman–Crippen LogP) is 5.67. The van der Waals surface area contributed by atoms with Crippen molar-refractivity contribution in [2.45, 2.75) is 38.4 Å². The van der Waals surface area contributed by atoms with Crippen molar-refractivity contribution < 1.29 is 19.1 Å². The molecule has 0 aromatic heterocycles. The summed E-state index contributed by atoms with van der Waals surface area (Å²) in [5.41, 5.74) is 1.24. The molecule has 0 unspecified atom stereocenters. The highest BCUT2D eigenvalue weighted by molar-refractivity contribution is 5.51. The molecule has 1 saturated carbocycles. The molecule has 156 valence electrons. The molecule has 2 aromatic rings. The number of hydrogen-bond acceptors (Lipinski definition) is 6. The Labute approximate surface area is 171 Å². The van der Waals surface area contributed by atoms with E-state index in [0.717, 1.165) is 18.2 Å². The molecule has 0 radical (unpaired) electrons. The van der Waals surface area contributed by atoms with Gasteiger partial charge in [0, 0.05) is 38.6 Å². The molecule has 7 nitrogen and oxygen atoms in total. The summed E-state index contributed by atoms with van der Waals surface area (Å²) in [7, 11) is 2.87. The third-order valence-electron chi connectivity index (χ3n) is 5.27. The van der Waals surface area contributed by atoms with E-state index in [1.165, 1.54) is 52.4 Å². The number of nitro benzene ring substituents is 1. The highest BCUT2D eigenvalue weighted by Gasteiger charge is 2.23. The number of ether oxygens (including phenoxy) is 3. The summed E-state index contributed by atoms with van der Waals surface area (Å²) in [4.78, 5) is 10.9.